The van der Waals surface area contributed by atoms with E-state index >= 15 is 4.79 Å². The van der Waals surface area contributed by atoms with Gasteiger partial charge in [-0.25, -0.2) is 0 Å². The monoisotopic (exact) mass is 1150 g/mol. The predicted molar refractivity (Wildman–Crippen MR) is 310 cm³/mol. The molecule has 5 aromatic carbocycles. The SMILES string of the molecule is CN[C@@H](C)C(=O)N[C@H]1CN(C(=O)c2ccc(C(=O)N[C@H]3CC34C[C@@H](C(=O)N[C@@H]3CCCc5ccccc53)N(C(=O)[C@@H](NC(=O)[C@H](C)NC)C3CCCCC3)C4)cc2)c2ccccc2N(Cc2c(OC)ccc3cc(Br)ccc23)C1=O. The number of halogens is 1. The van der Waals surface area contributed by atoms with Crippen LogP contribution in [0.25, 0.3) is 10.8 Å². The van der Waals surface area contributed by atoms with Crippen molar-refractivity contribution in [3.05, 3.63) is 135 Å². The number of methoxy groups -OCH3 is 1. The van der Waals surface area contributed by atoms with Gasteiger partial charge in [0, 0.05) is 39.2 Å². The average Bonchev–Trinajstić information content (AvgIpc) is 4.17. The van der Waals surface area contributed by atoms with Gasteiger partial charge in [-0.15, -0.1) is 0 Å². The second-order valence-corrected chi connectivity index (χ2v) is 23.3. The molecule has 10 rings (SSSR count). The standard InChI is InChI=1S/C62H72BrN9O8/c1-36(64-3)55(73)67-48-34-71(50-21-12-11-20-49(50)70(60(48)78)33-46-44-28-27-43(63)30-42(44)26-29-52(46)80-5)59(77)41-24-22-40(23-25-41)57(75)68-53-32-62(53)31-51(58(76)66-47-19-13-17-38-14-9-10-18-45(38)47)72(35-62)61(79)54(39-15-7-6-8-16-39)69-56(74)37(2)65-4/h9-12,14,18,20-30,36-37,39,47-48,51,53-54,64-65H,6-8,13,15-17,19,31-35H2,1-5H3,(H,66,76)(H,67,73)(H,68,75)(H,69,74)/t36-,37-,47+,48-,51-,53-,54-,62?/m0/s1. The van der Waals surface area contributed by atoms with Crippen LogP contribution >= 0.6 is 15.9 Å². The maximum atomic E-state index is 15.1. The second kappa shape index (κ2) is 23.9. The smallest absolute Gasteiger partial charge is 0.258 e. The van der Waals surface area contributed by atoms with Crippen LogP contribution in [0.1, 0.15) is 115 Å². The van der Waals surface area contributed by atoms with Gasteiger partial charge in [-0.2, -0.15) is 0 Å². The number of carbonyl (C=O) groups excluding carboxylic acids is 7. The molecular formula is C62H72BrN9O8. The van der Waals surface area contributed by atoms with Crippen molar-refractivity contribution in [2.75, 3.05) is 44.1 Å². The van der Waals surface area contributed by atoms with Gasteiger partial charge in [-0.3, -0.25) is 33.6 Å². The number of fused-ring (bicyclic) bond motifs is 3. The first-order chi connectivity index (χ1) is 38.6. The van der Waals surface area contributed by atoms with Gasteiger partial charge in [0.1, 0.15) is 23.9 Å². The van der Waals surface area contributed by atoms with E-state index < -0.39 is 53.3 Å². The van der Waals surface area contributed by atoms with Crippen molar-refractivity contribution in [3.63, 3.8) is 0 Å². The van der Waals surface area contributed by atoms with E-state index in [0.29, 0.717) is 35.5 Å². The Balaban J connectivity index is 0.892. The second-order valence-electron chi connectivity index (χ2n) is 22.4. The summed E-state index contributed by atoms with van der Waals surface area (Å²) in [7, 11) is 4.93. The number of nitrogens with one attached hydrogen (secondary N) is 6. The summed E-state index contributed by atoms with van der Waals surface area (Å²) in [6, 6.07) is 26.8. The summed E-state index contributed by atoms with van der Waals surface area (Å²) < 4.78 is 6.74. The molecule has 1 spiro atoms. The number of hydrogen-bond donors (Lipinski definition) is 6. The molecule has 6 N–H and O–H groups in total. The molecule has 8 atom stereocenters. The molecule has 1 unspecified atom stereocenters. The van der Waals surface area contributed by atoms with E-state index in [2.05, 4.69) is 60.0 Å². The van der Waals surface area contributed by atoms with Crippen LogP contribution in [0.2, 0.25) is 0 Å². The summed E-state index contributed by atoms with van der Waals surface area (Å²) in [5.41, 5.74) is 3.92. The fourth-order valence-electron chi connectivity index (χ4n) is 12.5. The molecule has 0 radical (unpaired) electrons. The third-order valence-corrected chi connectivity index (χ3v) is 18.0. The lowest BCUT2D eigenvalue weighted by Gasteiger charge is -2.35. The van der Waals surface area contributed by atoms with Crippen molar-refractivity contribution in [1.29, 1.82) is 0 Å². The number of carbonyl (C=O) groups is 7. The molecule has 2 heterocycles. The fraction of sp³-hybridized carbons (Fsp3) is 0.435. The lowest BCUT2D eigenvalue weighted by molar-refractivity contribution is -0.143. The van der Waals surface area contributed by atoms with Crippen LogP contribution in [0.15, 0.2) is 108 Å². The van der Waals surface area contributed by atoms with Crippen LogP contribution in [0.5, 0.6) is 5.75 Å². The molecular weight excluding hydrogens is 1080 g/mol. The number of rotatable bonds is 16. The van der Waals surface area contributed by atoms with Crippen molar-refractivity contribution in [1.82, 2.24) is 36.8 Å². The molecule has 2 aliphatic heterocycles. The zero-order chi connectivity index (χ0) is 56.4. The van der Waals surface area contributed by atoms with Crippen LogP contribution in [0.4, 0.5) is 11.4 Å². The summed E-state index contributed by atoms with van der Waals surface area (Å²) in [5, 5.41) is 20.3. The number of anilines is 2. The number of likely N-dealkylation sites (N-methyl/N-ethyl adjacent to an activating group) is 2. The Morgan fingerprint density at radius 3 is 2.17 bits per heavy atom. The number of ether oxygens (including phenoxy) is 1. The number of hydrogen-bond acceptors (Lipinski definition) is 10. The Morgan fingerprint density at radius 1 is 0.738 bits per heavy atom. The van der Waals surface area contributed by atoms with Crippen molar-refractivity contribution in [3.8, 4) is 5.75 Å². The number of para-hydroxylation sites is 2. The first-order valence-corrected chi connectivity index (χ1v) is 28.9. The van der Waals surface area contributed by atoms with Crippen LogP contribution in [0.3, 0.4) is 0 Å². The largest absolute Gasteiger partial charge is 0.496 e. The van der Waals surface area contributed by atoms with E-state index in [1.54, 1.807) is 93.4 Å². The van der Waals surface area contributed by atoms with E-state index in [4.69, 9.17) is 4.74 Å². The summed E-state index contributed by atoms with van der Waals surface area (Å²) >= 11 is 3.57. The van der Waals surface area contributed by atoms with E-state index in [0.717, 1.165) is 77.7 Å². The molecule has 2 saturated carbocycles. The third-order valence-electron chi connectivity index (χ3n) is 17.5. The highest BCUT2D eigenvalue weighted by Crippen LogP contribution is 2.55. The average molecular weight is 1150 g/mol. The zero-order valence-corrected chi connectivity index (χ0v) is 47.7. The van der Waals surface area contributed by atoms with Gasteiger partial charge in [0.05, 0.1) is 49.7 Å². The van der Waals surface area contributed by atoms with E-state index in [9.17, 15) is 28.8 Å². The van der Waals surface area contributed by atoms with E-state index in [1.807, 2.05) is 42.5 Å². The molecule has 420 valence electrons. The zero-order valence-electron chi connectivity index (χ0n) is 46.1. The number of amides is 7. The molecule has 3 fully saturated rings. The predicted octanol–water partition coefficient (Wildman–Crippen LogP) is 6.85. The molecule has 17 nitrogen and oxygen atoms in total. The topological polar surface area (TPSA) is 211 Å². The van der Waals surface area contributed by atoms with Crippen LogP contribution in [-0.4, -0.2) is 117 Å². The summed E-state index contributed by atoms with van der Waals surface area (Å²) in [4.78, 5) is 106. The molecule has 0 aromatic heterocycles. The highest BCUT2D eigenvalue weighted by molar-refractivity contribution is 9.10. The molecule has 3 aliphatic carbocycles. The molecule has 80 heavy (non-hydrogen) atoms. The molecule has 0 bridgehead atoms. The van der Waals surface area contributed by atoms with Crippen molar-refractivity contribution in [2.45, 2.75) is 127 Å². The minimum atomic E-state index is -1.16. The van der Waals surface area contributed by atoms with Crippen molar-refractivity contribution >= 4 is 79.4 Å². The van der Waals surface area contributed by atoms with Gasteiger partial charge in [0.2, 0.25) is 23.6 Å². The molecule has 5 aliphatic rings. The maximum absolute atomic E-state index is 15.1. The summed E-state index contributed by atoms with van der Waals surface area (Å²) in [6.07, 6.45) is 8.09. The Labute approximate surface area is 475 Å². The number of likely N-dealkylation sites (tertiary alicyclic amines) is 1. The molecule has 7 amide bonds. The third kappa shape index (κ3) is 11.4. The van der Waals surface area contributed by atoms with Gasteiger partial charge in [-0.05, 0) is 155 Å². The Morgan fingerprint density at radius 2 is 1.44 bits per heavy atom. The molecule has 5 aromatic rings. The Kier molecular flexibility index (Phi) is 16.8. The number of nitrogens with zero attached hydrogens (tertiary/aromatic N) is 3. The molecule has 18 heteroatoms. The van der Waals surface area contributed by atoms with Gasteiger partial charge in [0.25, 0.3) is 17.7 Å². The first kappa shape index (κ1) is 56.1. The normalized spacial score (nSPS) is 22.8. The lowest BCUT2D eigenvalue weighted by Crippen LogP contribution is -2.58. The Hall–Kier alpha value is -7.15. The van der Waals surface area contributed by atoms with Gasteiger partial charge in [-0.1, -0.05) is 83.7 Å². The highest BCUT2D eigenvalue weighted by Gasteiger charge is 2.63. The number of aryl methyl sites for hydroxylation is 1. The first-order valence-electron chi connectivity index (χ1n) is 28.1. The van der Waals surface area contributed by atoms with E-state index in [1.165, 1.54) is 10.5 Å². The number of benzene rings is 5. The van der Waals surface area contributed by atoms with E-state index in [-0.39, 0.29) is 66.8 Å². The lowest BCUT2D eigenvalue weighted by atomic mass is 9.83. The minimum Gasteiger partial charge on any atom is -0.496 e. The summed E-state index contributed by atoms with van der Waals surface area (Å²) in [5.74, 6) is -1.95. The quantitative estimate of drug-likeness (QED) is 0.0605. The van der Waals surface area contributed by atoms with Gasteiger partial charge >= 0.3 is 0 Å². The van der Waals surface area contributed by atoms with Crippen LogP contribution in [0, 0.1) is 11.3 Å². The summed E-state index contributed by atoms with van der Waals surface area (Å²) in [6.45, 7) is 3.56. The molecule has 1 saturated heterocycles. The van der Waals surface area contributed by atoms with Crippen LogP contribution < -0.4 is 46.4 Å². The fourth-order valence-corrected chi connectivity index (χ4v) is 12.9. The van der Waals surface area contributed by atoms with Crippen molar-refractivity contribution in [2.24, 2.45) is 11.3 Å². The van der Waals surface area contributed by atoms with Crippen LogP contribution in [-0.2, 0) is 36.9 Å². The highest BCUT2D eigenvalue weighted by atomic mass is 79.9. The Bertz CT molecular complexity index is 3200. The minimum absolute atomic E-state index is 0.0627. The van der Waals surface area contributed by atoms with Gasteiger partial charge < -0.3 is 51.3 Å². The van der Waals surface area contributed by atoms with Gasteiger partial charge in [0.15, 0.2) is 0 Å². The maximum Gasteiger partial charge on any atom is 0.258 e. The van der Waals surface area contributed by atoms with Crippen molar-refractivity contribution < 1.29 is 38.3 Å².